The Hall–Kier alpha value is -8.27. The van der Waals surface area contributed by atoms with Crippen LogP contribution in [-0.4, -0.2) is 17.7 Å². The van der Waals surface area contributed by atoms with Crippen LogP contribution in [0.2, 0.25) is 0 Å². The molecule has 1 amide bonds. The highest BCUT2D eigenvalue weighted by atomic mass is 16.6. The molecular weight excluding hydrogens is 839 g/mol. The SMILES string of the molecule is CC(C)(C)OC(=O)NC1C23c4c5c6c7c8c9c(c%10c%11c2c2c4c4c%12c5c5c6c6c8c8c%13c9c9c%10c%10c%11c%11c2c2c4c4c%12c%12c5c5c6c8c6c8c%13c9c9c%10c%10c%11c2c2c4c4c%12c5c6c5c8c9c%10c2c45)C713. The van der Waals surface area contributed by atoms with E-state index in [1.807, 2.05) is 20.8 Å². The Morgan fingerprint density at radius 2 is 0.406 bits per heavy atom. The van der Waals surface area contributed by atoms with Gasteiger partial charge in [-0.3, -0.25) is 0 Å². The summed E-state index contributed by atoms with van der Waals surface area (Å²) in [7, 11) is 0. The lowest BCUT2D eigenvalue weighted by atomic mass is 9.68. The Balaban J connectivity index is 1.16. The molecule has 1 N–H and O–H groups in total. The molecule has 0 aliphatic heterocycles. The molecule has 5 aliphatic carbocycles. The average Bonchev–Trinajstić information content (AvgIpc) is 4.24. The second-order valence-corrected chi connectivity index (χ2v) is 26.4. The van der Waals surface area contributed by atoms with Gasteiger partial charge in [0, 0.05) is 0 Å². The molecule has 2 spiro atoms. The molecule has 292 valence electrons. The lowest BCUT2D eigenvalue weighted by Crippen LogP contribution is -2.37. The largest absolute Gasteiger partial charge is 0.444 e. The van der Waals surface area contributed by atoms with Crippen LogP contribution in [0.5, 0.6) is 0 Å². The van der Waals surface area contributed by atoms with E-state index in [0.29, 0.717) is 0 Å². The number of hydrogen-bond acceptors (Lipinski definition) is 2. The zero-order chi connectivity index (χ0) is 41.6. The second-order valence-electron chi connectivity index (χ2n) is 26.4. The van der Waals surface area contributed by atoms with Gasteiger partial charge in [0.1, 0.15) is 5.60 Å². The maximum Gasteiger partial charge on any atom is 0.407 e. The fourth-order valence-corrected chi connectivity index (χ4v) is 25.1. The Kier molecular flexibility index (Phi) is 2.09. The minimum atomic E-state index is -0.613. The highest BCUT2D eigenvalue weighted by molar-refractivity contribution is 6.82. The minimum absolute atomic E-state index is 0.159. The fraction of sp³-hybridized carbons (Fsp3) is 0.106. The van der Waals surface area contributed by atoms with Crippen molar-refractivity contribution in [3.63, 3.8) is 0 Å². The molecule has 0 atom stereocenters. The van der Waals surface area contributed by atoms with Gasteiger partial charge in [0.25, 0.3) is 0 Å². The van der Waals surface area contributed by atoms with Crippen LogP contribution >= 0.6 is 0 Å². The Bertz CT molecular complexity index is 6630. The summed E-state index contributed by atoms with van der Waals surface area (Å²) in [5.74, 6) is 0. The topological polar surface area (TPSA) is 38.3 Å². The van der Waals surface area contributed by atoms with Crippen molar-refractivity contribution in [1.29, 1.82) is 0 Å². The van der Waals surface area contributed by atoms with Crippen molar-refractivity contribution in [2.24, 2.45) is 0 Å². The number of alkyl carbamates (subject to hydrolysis) is 1. The average molecular weight is 850 g/mol. The van der Waals surface area contributed by atoms with E-state index >= 15 is 4.79 Å². The van der Waals surface area contributed by atoms with Gasteiger partial charge in [-0.1, -0.05) is 0 Å². The number of benzene rings is 18. The summed E-state index contributed by atoms with van der Waals surface area (Å²) in [4.78, 5) is 15.0. The zero-order valence-corrected chi connectivity index (χ0v) is 35.9. The van der Waals surface area contributed by atoms with Crippen LogP contribution in [0.15, 0.2) is 0 Å². The summed E-state index contributed by atoms with van der Waals surface area (Å²) in [6.45, 7) is 6.10. The first-order valence-corrected chi connectivity index (χ1v) is 25.7. The molecule has 28 aromatic carbocycles. The third-order valence-electron chi connectivity index (χ3n) is 24.9. The molecule has 0 heterocycles. The predicted octanol–water partition coefficient (Wildman–Crippen LogP) is 17.2. The Morgan fingerprint density at radius 1 is 0.275 bits per heavy atom. The van der Waals surface area contributed by atoms with E-state index < -0.39 is 16.4 Å². The summed E-state index contributed by atoms with van der Waals surface area (Å²) in [5.41, 5.74) is 4.90. The second kappa shape index (κ2) is 5.60. The van der Waals surface area contributed by atoms with E-state index in [2.05, 4.69) is 5.32 Å². The van der Waals surface area contributed by atoms with Crippen LogP contribution < -0.4 is 5.32 Å². The molecule has 69 heavy (non-hydrogen) atoms. The molecular formula is C66H11NO2. The van der Waals surface area contributed by atoms with Gasteiger partial charge in [0.2, 0.25) is 0 Å². The zero-order valence-electron chi connectivity index (χ0n) is 35.9. The predicted molar refractivity (Wildman–Crippen MR) is 287 cm³/mol. The first kappa shape index (κ1) is 25.7. The molecule has 3 nitrogen and oxygen atoms in total. The standard InChI is InChI=1S/C66H11NO2/c1-64(2,3)69-63(68)67-62-65-58-50-42-32-22-14-6-4-5-8-12-10(6)18-26-20(12)30-24-16(8)17-9(5)13-11-7(4)15(14)23-29-19(11)27-21(13)31-25(17)35-34(24)44-38(30)48-40(26)46(36(42)28(18)22)54(58)56(48)60-52(44)53-45(35)39(31)49-41(27)47-37(29)43(33(23)32)51(50)59(65)55(47)57(49)61(53)66(60,62)65/h62H,1-3H3,(H,67,68). The minimum Gasteiger partial charge on any atom is -0.444 e. The van der Waals surface area contributed by atoms with E-state index in [1.54, 1.807) is 313 Å². The Labute approximate surface area is 375 Å². The summed E-state index contributed by atoms with van der Waals surface area (Å²) in [5, 5.41) is 90.4. The van der Waals surface area contributed by atoms with Crippen molar-refractivity contribution < 1.29 is 9.53 Å². The maximum atomic E-state index is 15.0. The third-order valence-corrected chi connectivity index (χ3v) is 24.9. The number of nitrogens with one attached hydrogen (secondary N) is 1. The molecule has 0 radical (unpaired) electrons. The lowest BCUT2D eigenvalue weighted by Gasteiger charge is -2.32. The molecule has 5 aliphatic rings. The van der Waals surface area contributed by atoms with Gasteiger partial charge >= 0.3 is 6.09 Å². The van der Waals surface area contributed by atoms with Gasteiger partial charge in [0.15, 0.2) is 0 Å². The molecule has 0 unspecified atom stereocenters. The van der Waals surface area contributed by atoms with Crippen LogP contribution in [0.4, 0.5) is 4.79 Å². The molecule has 1 fully saturated rings. The highest BCUT2D eigenvalue weighted by Gasteiger charge is 2.87. The number of carbonyl (C=O) groups is 1. The van der Waals surface area contributed by atoms with Crippen molar-refractivity contribution in [3.05, 3.63) is 22.3 Å². The van der Waals surface area contributed by atoms with Gasteiger partial charge in [-0.2, -0.15) is 0 Å². The van der Waals surface area contributed by atoms with Crippen LogP contribution in [-0.2, 0) is 15.6 Å². The first-order valence-electron chi connectivity index (χ1n) is 25.7. The molecule has 3 heteroatoms. The summed E-state index contributed by atoms with van der Waals surface area (Å²) in [6, 6.07) is -0.159. The molecule has 0 bridgehead atoms. The molecule has 28 aromatic rings. The van der Waals surface area contributed by atoms with Crippen molar-refractivity contribution in [2.75, 3.05) is 0 Å². The molecule has 0 aromatic heterocycles. The summed E-state index contributed by atoms with van der Waals surface area (Å²) in [6.07, 6.45) is -0.260. The number of hydrogen-bond donors (Lipinski definition) is 1. The number of ether oxygens (including phenoxy) is 1. The molecule has 33 rings (SSSR count). The summed E-state index contributed by atoms with van der Waals surface area (Å²) < 4.78 is 6.45. The van der Waals surface area contributed by atoms with Crippen LogP contribution in [0.1, 0.15) is 43.0 Å². The van der Waals surface area contributed by atoms with E-state index in [1.165, 1.54) is 0 Å². The number of carbonyl (C=O) groups excluding carboxylic acids is 1. The normalized spacial score (nSPS) is 23.6. The van der Waals surface area contributed by atoms with Crippen molar-refractivity contribution >= 4 is 297 Å². The highest BCUT2D eigenvalue weighted by Crippen LogP contribution is 2.90. The van der Waals surface area contributed by atoms with E-state index in [4.69, 9.17) is 4.74 Å². The number of amides is 1. The van der Waals surface area contributed by atoms with E-state index in [-0.39, 0.29) is 12.1 Å². The Morgan fingerprint density at radius 3 is 0.536 bits per heavy atom. The number of rotatable bonds is 1. The van der Waals surface area contributed by atoms with Gasteiger partial charge in [0.05, 0.1) is 16.9 Å². The van der Waals surface area contributed by atoms with Gasteiger partial charge in [-0.15, -0.1) is 0 Å². The monoisotopic (exact) mass is 849 g/mol. The van der Waals surface area contributed by atoms with Crippen molar-refractivity contribution in [1.82, 2.24) is 5.32 Å². The van der Waals surface area contributed by atoms with Gasteiger partial charge in [-0.25, -0.2) is 4.79 Å². The summed E-state index contributed by atoms with van der Waals surface area (Å²) >= 11 is 0. The van der Waals surface area contributed by atoms with Crippen LogP contribution in [0.3, 0.4) is 0 Å². The maximum absolute atomic E-state index is 15.0. The van der Waals surface area contributed by atoms with Crippen molar-refractivity contribution in [2.45, 2.75) is 43.2 Å². The van der Waals surface area contributed by atoms with E-state index in [9.17, 15) is 0 Å². The quantitative estimate of drug-likeness (QED) is 0.167. The lowest BCUT2D eigenvalue weighted by molar-refractivity contribution is 0.0518. The van der Waals surface area contributed by atoms with E-state index in [0.717, 1.165) is 0 Å². The molecule has 0 saturated heterocycles. The molecule has 1 saturated carbocycles. The third kappa shape index (κ3) is 1.35. The van der Waals surface area contributed by atoms with Crippen LogP contribution in [0, 0.1) is 0 Å². The van der Waals surface area contributed by atoms with Gasteiger partial charge < -0.3 is 10.1 Å². The van der Waals surface area contributed by atoms with Crippen molar-refractivity contribution in [3.8, 4) is 0 Å². The first-order chi connectivity index (χ1) is 34.0. The van der Waals surface area contributed by atoms with Gasteiger partial charge in [-0.05, 0) is 334 Å². The fourth-order valence-electron chi connectivity index (χ4n) is 25.1. The smallest absolute Gasteiger partial charge is 0.407 e. The van der Waals surface area contributed by atoms with Crippen LogP contribution in [0.25, 0.3) is 291 Å².